The van der Waals surface area contributed by atoms with Gasteiger partial charge in [0, 0.05) is 0 Å². The van der Waals surface area contributed by atoms with Gasteiger partial charge in [0.05, 0.1) is 18.1 Å². The zero-order valence-electron chi connectivity index (χ0n) is 9.36. The Labute approximate surface area is 90.1 Å². The molecule has 3 rings (SSSR count). The molecule has 1 aliphatic heterocycles. The molecule has 0 aromatic rings. The van der Waals surface area contributed by atoms with Crippen molar-refractivity contribution in [1.82, 2.24) is 0 Å². The second kappa shape index (κ2) is 3.05. The van der Waals surface area contributed by atoms with Crippen molar-refractivity contribution in [3.8, 4) is 0 Å². The Kier molecular flexibility index (Phi) is 1.99. The summed E-state index contributed by atoms with van der Waals surface area (Å²) in [6.07, 6.45) is 4.12. The maximum Gasteiger partial charge on any atom is 0.170 e. The third-order valence-electron chi connectivity index (χ3n) is 4.15. The van der Waals surface area contributed by atoms with Crippen molar-refractivity contribution in [1.29, 1.82) is 0 Å². The summed E-state index contributed by atoms with van der Waals surface area (Å²) in [5.41, 5.74) is -0.235. The molecule has 0 aromatic carbocycles. The van der Waals surface area contributed by atoms with Gasteiger partial charge in [0.2, 0.25) is 0 Å². The van der Waals surface area contributed by atoms with Gasteiger partial charge < -0.3 is 9.47 Å². The van der Waals surface area contributed by atoms with Gasteiger partial charge in [-0.15, -0.1) is 0 Å². The Morgan fingerprint density at radius 1 is 1.33 bits per heavy atom. The van der Waals surface area contributed by atoms with Crippen LogP contribution in [0.1, 0.15) is 39.5 Å². The quantitative estimate of drug-likeness (QED) is 0.610. The highest BCUT2D eigenvalue weighted by Gasteiger charge is 2.67. The molecule has 0 radical (unpaired) electrons. The van der Waals surface area contributed by atoms with Crippen LogP contribution in [0.4, 0.5) is 0 Å². The number of rotatable bonds is 0. The molecule has 3 heteroatoms. The number of ether oxygens (including phenoxy) is 2. The van der Waals surface area contributed by atoms with E-state index in [4.69, 9.17) is 9.47 Å². The van der Waals surface area contributed by atoms with Crippen molar-refractivity contribution in [2.75, 3.05) is 0 Å². The van der Waals surface area contributed by atoms with Crippen molar-refractivity contribution in [3.63, 3.8) is 0 Å². The minimum atomic E-state index is -0.259. The van der Waals surface area contributed by atoms with Crippen molar-refractivity contribution in [2.24, 2.45) is 5.92 Å². The van der Waals surface area contributed by atoms with E-state index in [2.05, 4.69) is 6.92 Å². The first-order valence-electron chi connectivity index (χ1n) is 6.00. The van der Waals surface area contributed by atoms with Crippen molar-refractivity contribution in [2.45, 2.75) is 63.4 Å². The summed E-state index contributed by atoms with van der Waals surface area (Å²) in [5, 5.41) is 0. The smallest absolute Gasteiger partial charge is 0.170 e. The summed E-state index contributed by atoms with van der Waals surface area (Å²) in [6, 6.07) is 0. The first kappa shape index (κ1) is 9.79. The van der Waals surface area contributed by atoms with Gasteiger partial charge >= 0.3 is 0 Å². The van der Waals surface area contributed by atoms with Crippen LogP contribution in [0.25, 0.3) is 0 Å². The van der Waals surface area contributed by atoms with Crippen LogP contribution in [0.15, 0.2) is 0 Å². The molecule has 0 bridgehead atoms. The lowest BCUT2D eigenvalue weighted by Gasteiger charge is -2.49. The Balaban J connectivity index is 1.92. The number of Topliss-reactive ketones (excluding diaryl/α,β-unsaturated/α-hetero) is 1. The summed E-state index contributed by atoms with van der Waals surface area (Å²) in [5.74, 6) is 0.420. The van der Waals surface area contributed by atoms with E-state index in [1.165, 1.54) is 0 Å². The Morgan fingerprint density at radius 3 is 2.93 bits per heavy atom. The molecular formula is C12H18O3. The van der Waals surface area contributed by atoms with Crippen LogP contribution in [0.2, 0.25) is 0 Å². The standard InChI is InChI=1S/C12H18O3/c1-7-6-8(2)15-12-5-3-4-9(12)10(13)11(12)14-7/h7-9,11H,3-6H2,1-2H3/t7-,8-,9+,11+,12-/m1/s1. The number of hydrogen-bond donors (Lipinski definition) is 0. The summed E-state index contributed by atoms with van der Waals surface area (Å²) in [7, 11) is 0. The molecule has 5 atom stereocenters. The first-order chi connectivity index (χ1) is 7.13. The normalized spacial score (nSPS) is 54.1. The zero-order valence-corrected chi connectivity index (χ0v) is 9.36. The van der Waals surface area contributed by atoms with Crippen LogP contribution in [0, 0.1) is 5.92 Å². The maximum atomic E-state index is 11.9. The molecule has 0 N–H and O–H groups in total. The summed E-state index contributed by atoms with van der Waals surface area (Å²) in [4.78, 5) is 11.9. The molecule has 3 nitrogen and oxygen atoms in total. The van der Waals surface area contributed by atoms with Crippen molar-refractivity contribution < 1.29 is 14.3 Å². The highest BCUT2D eigenvalue weighted by Crippen LogP contribution is 2.54. The highest BCUT2D eigenvalue weighted by molar-refractivity contribution is 5.95. The molecule has 0 amide bonds. The van der Waals surface area contributed by atoms with Gasteiger partial charge in [-0.25, -0.2) is 0 Å². The Bertz CT molecular complexity index is 301. The third kappa shape index (κ3) is 1.16. The monoisotopic (exact) mass is 210 g/mol. The molecule has 0 unspecified atom stereocenters. The van der Waals surface area contributed by atoms with Crippen molar-refractivity contribution in [3.05, 3.63) is 0 Å². The van der Waals surface area contributed by atoms with Gasteiger partial charge in [-0.2, -0.15) is 0 Å². The van der Waals surface area contributed by atoms with E-state index in [1.807, 2.05) is 6.92 Å². The summed E-state index contributed by atoms with van der Waals surface area (Å²) in [6.45, 7) is 4.13. The molecule has 1 heterocycles. The lowest BCUT2D eigenvalue weighted by Crippen LogP contribution is -2.67. The molecule has 2 aliphatic carbocycles. The maximum absolute atomic E-state index is 11.9. The van der Waals surface area contributed by atoms with E-state index in [1.54, 1.807) is 0 Å². The first-order valence-corrected chi connectivity index (χ1v) is 6.00. The van der Waals surface area contributed by atoms with Gasteiger partial charge in [0.15, 0.2) is 5.78 Å². The molecule has 1 spiro atoms. The summed E-state index contributed by atoms with van der Waals surface area (Å²) < 4.78 is 11.9. The largest absolute Gasteiger partial charge is 0.368 e. The van der Waals surface area contributed by atoms with E-state index < -0.39 is 0 Å². The lowest BCUT2D eigenvalue weighted by molar-refractivity contribution is -0.215. The van der Waals surface area contributed by atoms with Crippen LogP contribution < -0.4 is 0 Å². The van der Waals surface area contributed by atoms with Crippen LogP contribution in [0.3, 0.4) is 0 Å². The van der Waals surface area contributed by atoms with Crippen molar-refractivity contribution >= 4 is 5.78 Å². The second-order valence-corrected chi connectivity index (χ2v) is 5.29. The second-order valence-electron chi connectivity index (χ2n) is 5.29. The van der Waals surface area contributed by atoms with E-state index in [-0.39, 0.29) is 35.6 Å². The fraction of sp³-hybridized carbons (Fsp3) is 0.917. The molecular weight excluding hydrogens is 192 g/mol. The third-order valence-corrected chi connectivity index (χ3v) is 4.15. The Morgan fingerprint density at radius 2 is 2.13 bits per heavy atom. The molecule has 2 saturated carbocycles. The molecule has 1 saturated heterocycles. The van der Waals surface area contributed by atoms with E-state index in [9.17, 15) is 4.79 Å². The van der Waals surface area contributed by atoms with Gasteiger partial charge in [-0.05, 0) is 39.5 Å². The van der Waals surface area contributed by atoms with Gasteiger partial charge in [-0.1, -0.05) is 0 Å². The van der Waals surface area contributed by atoms with Crippen LogP contribution in [-0.4, -0.2) is 29.7 Å². The van der Waals surface area contributed by atoms with E-state index in [0.717, 1.165) is 25.7 Å². The van der Waals surface area contributed by atoms with Gasteiger partial charge in [0.25, 0.3) is 0 Å². The highest BCUT2D eigenvalue weighted by atomic mass is 16.6. The molecule has 3 fully saturated rings. The van der Waals surface area contributed by atoms with Crippen LogP contribution >= 0.6 is 0 Å². The van der Waals surface area contributed by atoms with Gasteiger partial charge in [0.1, 0.15) is 11.7 Å². The average molecular weight is 210 g/mol. The fourth-order valence-corrected chi connectivity index (χ4v) is 3.59. The molecule has 15 heavy (non-hydrogen) atoms. The van der Waals surface area contributed by atoms with Crippen LogP contribution in [0.5, 0.6) is 0 Å². The average Bonchev–Trinajstić information content (AvgIpc) is 2.48. The Hall–Kier alpha value is -0.410. The summed E-state index contributed by atoms with van der Waals surface area (Å²) >= 11 is 0. The predicted octanol–water partition coefficient (Wildman–Crippen LogP) is 1.69. The van der Waals surface area contributed by atoms with E-state index in [0.29, 0.717) is 0 Å². The lowest BCUT2D eigenvalue weighted by atomic mass is 9.67. The number of carbonyl (C=O) groups excluding carboxylic acids is 1. The van der Waals surface area contributed by atoms with Gasteiger partial charge in [-0.3, -0.25) is 4.79 Å². The zero-order chi connectivity index (χ0) is 10.6. The number of carbonyl (C=O) groups is 1. The number of hydrogen-bond acceptors (Lipinski definition) is 3. The SMILES string of the molecule is C[C@@H]1C[C@@H](C)O[C@]23CCC[C@H]2C(=O)[C@@H]3O1. The van der Waals surface area contributed by atoms with E-state index >= 15 is 0 Å². The molecule has 0 aromatic heterocycles. The minimum absolute atomic E-state index is 0.134. The topological polar surface area (TPSA) is 35.5 Å². The number of ketones is 1. The minimum Gasteiger partial charge on any atom is -0.368 e. The predicted molar refractivity (Wildman–Crippen MR) is 54.6 cm³/mol. The molecule has 3 aliphatic rings. The molecule has 84 valence electrons. The van der Waals surface area contributed by atoms with Crippen LogP contribution in [-0.2, 0) is 14.3 Å². The fourth-order valence-electron chi connectivity index (χ4n) is 3.59.